The van der Waals surface area contributed by atoms with Gasteiger partial charge in [0.15, 0.2) is 0 Å². The predicted octanol–water partition coefficient (Wildman–Crippen LogP) is 3.50. The molecule has 0 heterocycles. The number of amides is 1. The summed E-state index contributed by atoms with van der Waals surface area (Å²) in [4.78, 5) is 23.0. The van der Waals surface area contributed by atoms with Gasteiger partial charge in [-0.05, 0) is 39.0 Å². The Hall–Kier alpha value is -1.76. The van der Waals surface area contributed by atoms with Crippen LogP contribution in [0, 0.1) is 0 Å². The topological polar surface area (TPSA) is 84.9 Å². The first-order valence-electron chi connectivity index (χ1n) is 6.67. The number of carboxylic acid groups (broad SMARTS) is 1. The van der Waals surface area contributed by atoms with Crippen LogP contribution in [0.3, 0.4) is 0 Å². The molecule has 2 N–H and O–H groups in total. The van der Waals surface area contributed by atoms with Gasteiger partial charge in [0.1, 0.15) is 11.4 Å². The van der Waals surface area contributed by atoms with Crippen LogP contribution in [0.4, 0.5) is 4.79 Å². The Morgan fingerprint density at radius 3 is 2.50 bits per heavy atom. The number of aliphatic carboxylic acids is 1. The van der Waals surface area contributed by atoms with E-state index in [2.05, 4.69) is 21.2 Å². The lowest BCUT2D eigenvalue weighted by Gasteiger charge is -2.24. The molecule has 0 saturated carbocycles. The summed E-state index contributed by atoms with van der Waals surface area (Å²) in [6.45, 7) is 5.20. The molecule has 1 aromatic carbocycles. The lowest BCUT2D eigenvalue weighted by atomic mass is 10.0. The Kier molecular flexibility index (Phi) is 6.22. The first-order valence-corrected chi connectivity index (χ1v) is 7.46. The highest BCUT2D eigenvalue weighted by atomic mass is 79.9. The van der Waals surface area contributed by atoms with Crippen LogP contribution >= 0.6 is 15.9 Å². The minimum atomic E-state index is -1.04. The standard InChI is InChI=1S/C15H20BrNO5/c1-15(2,3)22-14(20)17-11(8-13(18)19)10-7-9(16)5-6-12(10)21-4/h5-7,11H,8H2,1-4H3,(H,17,20)(H,18,19)/t11-/m0/s1. The molecule has 0 radical (unpaired) electrons. The maximum Gasteiger partial charge on any atom is 0.408 e. The van der Waals surface area contributed by atoms with Crippen LogP contribution in [0.25, 0.3) is 0 Å². The van der Waals surface area contributed by atoms with E-state index < -0.39 is 23.7 Å². The molecule has 0 fully saturated rings. The van der Waals surface area contributed by atoms with Gasteiger partial charge in [-0.15, -0.1) is 0 Å². The smallest absolute Gasteiger partial charge is 0.408 e. The number of rotatable bonds is 5. The maximum absolute atomic E-state index is 11.9. The highest BCUT2D eigenvalue weighted by molar-refractivity contribution is 9.10. The van der Waals surface area contributed by atoms with E-state index in [1.807, 2.05) is 0 Å². The molecule has 0 aliphatic heterocycles. The van der Waals surface area contributed by atoms with Gasteiger partial charge in [0.2, 0.25) is 0 Å². The van der Waals surface area contributed by atoms with Crippen LogP contribution in [0.15, 0.2) is 22.7 Å². The second-order valence-corrected chi connectivity index (χ2v) is 6.60. The third-order valence-corrected chi connectivity index (χ3v) is 3.13. The number of ether oxygens (including phenoxy) is 2. The van der Waals surface area contributed by atoms with E-state index in [-0.39, 0.29) is 6.42 Å². The predicted molar refractivity (Wildman–Crippen MR) is 85.1 cm³/mol. The summed E-state index contributed by atoms with van der Waals surface area (Å²) >= 11 is 3.33. The monoisotopic (exact) mass is 373 g/mol. The van der Waals surface area contributed by atoms with Gasteiger partial charge in [-0.2, -0.15) is 0 Å². The van der Waals surface area contributed by atoms with Crippen LogP contribution in [0.2, 0.25) is 0 Å². The average molecular weight is 374 g/mol. The number of methoxy groups -OCH3 is 1. The first kappa shape index (κ1) is 18.3. The Labute approximate surface area is 137 Å². The van der Waals surface area contributed by atoms with Gasteiger partial charge in [0.25, 0.3) is 0 Å². The number of hydrogen-bond acceptors (Lipinski definition) is 4. The molecule has 1 amide bonds. The van der Waals surface area contributed by atoms with Gasteiger partial charge in [-0.3, -0.25) is 4.79 Å². The van der Waals surface area contributed by atoms with Crippen molar-refractivity contribution in [1.82, 2.24) is 5.32 Å². The molecule has 6 nitrogen and oxygen atoms in total. The second-order valence-electron chi connectivity index (χ2n) is 5.68. The van der Waals surface area contributed by atoms with Crippen molar-refractivity contribution < 1.29 is 24.2 Å². The fourth-order valence-corrected chi connectivity index (χ4v) is 2.22. The van der Waals surface area contributed by atoms with E-state index in [1.165, 1.54) is 7.11 Å². The SMILES string of the molecule is COc1ccc(Br)cc1[C@H](CC(=O)O)NC(=O)OC(C)(C)C. The minimum absolute atomic E-state index is 0.286. The number of hydrogen-bond donors (Lipinski definition) is 2. The molecule has 122 valence electrons. The highest BCUT2D eigenvalue weighted by Crippen LogP contribution is 2.30. The lowest BCUT2D eigenvalue weighted by molar-refractivity contribution is -0.137. The zero-order valence-electron chi connectivity index (χ0n) is 13.0. The molecule has 0 bridgehead atoms. The first-order chi connectivity index (χ1) is 10.1. The van der Waals surface area contributed by atoms with Gasteiger partial charge >= 0.3 is 12.1 Å². The fourth-order valence-electron chi connectivity index (χ4n) is 1.84. The third-order valence-electron chi connectivity index (χ3n) is 2.64. The van der Waals surface area contributed by atoms with Crippen molar-refractivity contribution in [3.63, 3.8) is 0 Å². The Bertz CT molecular complexity index is 553. The molecule has 22 heavy (non-hydrogen) atoms. The van der Waals surface area contributed by atoms with E-state index in [4.69, 9.17) is 14.6 Å². The molecule has 1 rings (SSSR count). The Morgan fingerprint density at radius 2 is 2.00 bits per heavy atom. The van der Waals surface area contributed by atoms with Crippen molar-refractivity contribution in [2.45, 2.75) is 38.8 Å². The number of nitrogens with one attached hydrogen (secondary N) is 1. The minimum Gasteiger partial charge on any atom is -0.496 e. The summed E-state index contributed by atoms with van der Waals surface area (Å²) in [5.74, 6) is -0.548. The quantitative estimate of drug-likeness (QED) is 0.824. The van der Waals surface area contributed by atoms with Crippen LogP contribution in [-0.4, -0.2) is 29.9 Å². The zero-order chi connectivity index (χ0) is 16.9. The van der Waals surface area contributed by atoms with Crippen LogP contribution in [0.1, 0.15) is 38.8 Å². The van der Waals surface area contributed by atoms with Gasteiger partial charge in [0.05, 0.1) is 19.6 Å². The van der Waals surface area contributed by atoms with Gasteiger partial charge in [-0.1, -0.05) is 15.9 Å². The van der Waals surface area contributed by atoms with Crippen LogP contribution < -0.4 is 10.1 Å². The van der Waals surface area contributed by atoms with Gasteiger partial charge < -0.3 is 19.9 Å². The van der Waals surface area contributed by atoms with E-state index >= 15 is 0 Å². The highest BCUT2D eigenvalue weighted by Gasteiger charge is 2.24. The summed E-state index contributed by atoms with van der Waals surface area (Å²) < 4.78 is 11.2. The molecule has 0 spiro atoms. The summed E-state index contributed by atoms with van der Waals surface area (Å²) in [5, 5.41) is 11.7. The Balaban J connectivity index is 3.05. The van der Waals surface area contributed by atoms with Crippen molar-refractivity contribution in [2.24, 2.45) is 0 Å². The molecule has 0 aliphatic carbocycles. The lowest BCUT2D eigenvalue weighted by Crippen LogP contribution is -2.36. The summed E-state index contributed by atoms with van der Waals surface area (Å²) in [6, 6.07) is 4.42. The van der Waals surface area contributed by atoms with E-state index in [0.29, 0.717) is 11.3 Å². The molecule has 0 unspecified atom stereocenters. The van der Waals surface area contributed by atoms with E-state index in [0.717, 1.165) is 4.47 Å². The zero-order valence-corrected chi connectivity index (χ0v) is 14.6. The number of alkyl carbamates (subject to hydrolysis) is 1. The van der Waals surface area contributed by atoms with E-state index in [9.17, 15) is 9.59 Å². The Morgan fingerprint density at radius 1 is 1.36 bits per heavy atom. The van der Waals surface area contributed by atoms with Crippen molar-refractivity contribution >= 4 is 28.0 Å². The molecule has 1 atom stereocenters. The fraction of sp³-hybridized carbons (Fsp3) is 0.467. The summed E-state index contributed by atoms with van der Waals surface area (Å²) in [7, 11) is 1.48. The van der Waals surface area contributed by atoms with Gasteiger partial charge in [-0.25, -0.2) is 4.79 Å². The van der Waals surface area contributed by atoms with Crippen molar-refractivity contribution in [1.29, 1.82) is 0 Å². The molecule has 7 heteroatoms. The molecule has 1 aromatic rings. The largest absolute Gasteiger partial charge is 0.496 e. The van der Waals surface area contributed by atoms with Crippen molar-refractivity contribution in [2.75, 3.05) is 7.11 Å². The van der Waals surface area contributed by atoms with E-state index in [1.54, 1.807) is 39.0 Å². The number of carbonyl (C=O) groups is 2. The normalized spacial score (nSPS) is 12.4. The third kappa shape index (κ3) is 5.93. The number of carboxylic acids is 1. The van der Waals surface area contributed by atoms with Crippen molar-refractivity contribution in [3.8, 4) is 5.75 Å². The number of carbonyl (C=O) groups excluding carboxylic acids is 1. The van der Waals surface area contributed by atoms with Gasteiger partial charge in [0, 0.05) is 10.0 Å². The molecule has 0 saturated heterocycles. The number of benzene rings is 1. The molecule has 0 aromatic heterocycles. The molecular formula is C15H20BrNO5. The van der Waals surface area contributed by atoms with Crippen LogP contribution in [0.5, 0.6) is 5.75 Å². The van der Waals surface area contributed by atoms with Crippen molar-refractivity contribution in [3.05, 3.63) is 28.2 Å². The molecule has 0 aliphatic rings. The number of halogens is 1. The average Bonchev–Trinajstić information content (AvgIpc) is 2.35. The van der Waals surface area contributed by atoms with Crippen LogP contribution in [-0.2, 0) is 9.53 Å². The second kappa shape index (κ2) is 7.49. The molecular weight excluding hydrogens is 354 g/mol. The summed E-state index contributed by atoms with van der Waals surface area (Å²) in [6.07, 6.45) is -0.965. The summed E-state index contributed by atoms with van der Waals surface area (Å²) in [5.41, 5.74) is -0.107. The maximum atomic E-state index is 11.9.